The number of aromatic nitrogens is 2. The first kappa shape index (κ1) is 16.5. The van der Waals surface area contributed by atoms with E-state index in [1.165, 1.54) is 5.56 Å². The Kier molecular flexibility index (Phi) is 4.85. The lowest BCUT2D eigenvalue weighted by molar-refractivity contribution is 0.0670. The average Bonchev–Trinajstić information content (AvgIpc) is 2.91. The molecule has 1 aromatic heterocycles. The Balaban J connectivity index is 1.68. The summed E-state index contributed by atoms with van der Waals surface area (Å²) in [5.74, 6) is 1.17. The van der Waals surface area contributed by atoms with Crippen molar-refractivity contribution in [3.05, 3.63) is 47.7 Å². The lowest BCUT2D eigenvalue weighted by Gasteiger charge is -2.46. The first-order valence-electron chi connectivity index (χ1n) is 8.24. The van der Waals surface area contributed by atoms with E-state index in [2.05, 4.69) is 29.5 Å². The van der Waals surface area contributed by atoms with Crippen molar-refractivity contribution in [1.82, 2.24) is 14.7 Å². The van der Waals surface area contributed by atoms with Gasteiger partial charge in [-0.25, -0.2) is 4.79 Å². The number of nitrogens with one attached hydrogen (secondary N) is 1. The summed E-state index contributed by atoms with van der Waals surface area (Å²) in [5.41, 5.74) is 2.09. The zero-order valence-corrected chi connectivity index (χ0v) is 14.4. The molecule has 0 saturated carbocycles. The quantitative estimate of drug-likeness (QED) is 0.918. The maximum atomic E-state index is 12.6. The lowest BCUT2D eigenvalue weighted by Crippen LogP contribution is -2.53. The molecule has 0 unspecified atom stereocenters. The minimum atomic E-state index is -0.0803. The molecular formula is C18H24N4O2. The molecule has 1 fully saturated rings. The highest BCUT2D eigenvalue weighted by Gasteiger charge is 2.40. The Morgan fingerprint density at radius 3 is 2.79 bits per heavy atom. The molecule has 1 aromatic carbocycles. The predicted octanol–water partition coefficient (Wildman–Crippen LogP) is 2.83. The van der Waals surface area contributed by atoms with Crippen molar-refractivity contribution in [3.63, 3.8) is 0 Å². The summed E-state index contributed by atoms with van der Waals surface area (Å²) >= 11 is 0. The molecule has 6 nitrogen and oxygen atoms in total. The molecule has 0 aliphatic carbocycles. The van der Waals surface area contributed by atoms with Crippen LogP contribution in [-0.2, 0) is 18.2 Å². The van der Waals surface area contributed by atoms with Crippen LogP contribution in [0.2, 0.25) is 0 Å². The number of rotatable bonds is 5. The number of urea groups is 1. The number of hydrogen-bond donors (Lipinski definition) is 1. The minimum Gasteiger partial charge on any atom is -0.384 e. The second-order valence-corrected chi connectivity index (χ2v) is 6.30. The van der Waals surface area contributed by atoms with Gasteiger partial charge >= 0.3 is 6.03 Å². The number of likely N-dealkylation sites (tertiary alicyclic amines) is 1. The molecule has 3 rings (SSSR count). The van der Waals surface area contributed by atoms with E-state index in [-0.39, 0.29) is 12.1 Å². The zero-order chi connectivity index (χ0) is 17.1. The lowest BCUT2D eigenvalue weighted by atomic mass is 9.85. The largest absolute Gasteiger partial charge is 0.384 e. The predicted molar refractivity (Wildman–Crippen MR) is 92.9 cm³/mol. The van der Waals surface area contributed by atoms with Crippen LogP contribution >= 0.6 is 0 Å². The molecule has 24 heavy (non-hydrogen) atoms. The molecule has 1 saturated heterocycles. The zero-order valence-electron chi connectivity index (χ0n) is 14.4. The Bertz CT molecular complexity index is 698. The number of aryl methyl sites for hydroxylation is 1. The molecule has 1 aliphatic rings. The average molecular weight is 328 g/mol. The molecule has 1 N–H and O–H groups in total. The Labute approximate surface area is 142 Å². The van der Waals surface area contributed by atoms with E-state index in [0.29, 0.717) is 18.3 Å². The molecule has 128 valence electrons. The van der Waals surface area contributed by atoms with Gasteiger partial charge in [0.15, 0.2) is 0 Å². The van der Waals surface area contributed by atoms with Crippen LogP contribution in [0.25, 0.3) is 0 Å². The highest BCUT2D eigenvalue weighted by atomic mass is 16.5. The van der Waals surface area contributed by atoms with Crippen LogP contribution in [0.1, 0.15) is 24.2 Å². The van der Waals surface area contributed by atoms with Gasteiger partial charge in [-0.1, -0.05) is 37.3 Å². The summed E-state index contributed by atoms with van der Waals surface area (Å²) in [4.78, 5) is 14.5. The maximum Gasteiger partial charge on any atom is 0.323 e. The monoisotopic (exact) mass is 328 g/mol. The Morgan fingerprint density at radius 1 is 1.38 bits per heavy atom. The number of hydrogen-bond acceptors (Lipinski definition) is 3. The Morgan fingerprint density at radius 2 is 2.12 bits per heavy atom. The molecule has 1 aliphatic heterocycles. The molecule has 6 heteroatoms. The molecule has 2 aromatic rings. The number of anilines is 1. The molecular weight excluding hydrogens is 304 g/mol. The van der Waals surface area contributed by atoms with E-state index in [0.717, 1.165) is 18.7 Å². The number of methoxy groups -OCH3 is 1. The summed E-state index contributed by atoms with van der Waals surface area (Å²) < 4.78 is 6.77. The molecule has 0 spiro atoms. The van der Waals surface area contributed by atoms with Crippen molar-refractivity contribution >= 4 is 11.8 Å². The van der Waals surface area contributed by atoms with Crippen molar-refractivity contribution in [2.45, 2.75) is 19.4 Å². The first-order valence-corrected chi connectivity index (χ1v) is 8.24. The fraction of sp³-hybridized carbons (Fsp3) is 0.444. The van der Waals surface area contributed by atoms with Gasteiger partial charge in [0.2, 0.25) is 0 Å². The van der Waals surface area contributed by atoms with Crippen molar-refractivity contribution in [2.24, 2.45) is 13.0 Å². The number of benzene rings is 1. The normalized spacial score (nSPS) is 19.9. The second-order valence-electron chi connectivity index (χ2n) is 6.30. The number of carbonyl (C=O) groups excluding carboxylic acids is 1. The van der Waals surface area contributed by atoms with E-state index in [9.17, 15) is 4.79 Å². The topological polar surface area (TPSA) is 59.4 Å². The van der Waals surface area contributed by atoms with E-state index in [4.69, 9.17) is 4.74 Å². The van der Waals surface area contributed by atoms with Crippen LogP contribution in [-0.4, -0.2) is 41.0 Å². The third-order valence-corrected chi connectivity index (χ3v) is 4.49. The third kappa shape index (κ3) is 3.28. The Hall–Kier alpha value is -2.34. The van der Waals surface area contributed by atoms with Gasteiger partial charge in [-0.2, -0.15) is 5.10 Å². The fourth-order valence-electron chi connectivity index (χ4n) is 3.21. The van der Waals surface area contributed by atoms with Crippen LogP contribution in [0, 0.1) is 5.92 Å². The van der Waals surface area contributed by atoms with Gasteiger partial charge in [0.1, 0.15) is 5.82 Å². The van der Waals surface area contributed by atoms with Crippen LogP contribution in [0.4, 0.5) is 10.6 Å². The van der Waals surface area contributed by atoms with E-state index < -0.39 is 0 Å². The minimum absolute atomic E-state index is 0.0803. The fourth-order valence-corrected chi connectivity index (χ4v) is 3.21. The van der Waals surface area contributed by atoms with Gasteiger partial charge in [0.05, 0.1) is 18.3 Å². The van der Waals surface area contributed by atoms with E-state index in [1.807, 2.05) is 36.2 Å². The molecule has 2 heterocycles. The molecule has 0 bridgehead atoms. The number of ether oxygens (including phenoxy) is 1. The smallest absolute Gasteiger partial charge is 0.323 e. The van der Waals surface area contributed by atoms with Crippen molar-refractivity contribution in [3.8, 4) is 0 Å². The maximum absolute atomic E-state index is 12.6. The standard InChI is InChI=1S/C18H24N4O2/c1-13-12-22(17(13)14-7-5-4-6-8-14)18(23)19-16-11-15(9-10-24-3)20-21(16)2/h4-8,11,13,17H,9-10,12H2,1-3H3,(H,19,23)/t13-,17-/m0/s1. The summed E-state index contributed by atoms with van der Waals surface area (Å²) in [6.45, 7) is 3.55. The van der Waals surface area contributed by atoms with Crippen LogP contribution in [0.15, 0.2) is 36.4 Å². The van der Waals surface area contributed by atoms with Crippen molar-refractivity contribution in [1.29, 1.82) is 0 Å². The molecule has 2 amide bonds. The number of nitrogens with zero attached hydrogens (tertiary/aromatic N) is 3. The number of carbonyl (C=O) groups is 1. The highest BCUT2D eigenvalue weighted by molar-refractivity contribution is 5.89. The van der Waals surface area contributed by atoms with Gasteiger partial charge in [-0.05, 0) is 11.5 Å². The van der Waals surface area contributed by atoms with Gasteiger partial charge in [-0.15, -0.1) is 0 Å². The molecule has 2 atom stereocenters. The first-order chi connectivity index (χ1) is 11.6. The summed E-state index contributed by atoms with van der Waals surface area (Å²) in [6, 6.07) is 12.1. The van der Waals surface area contributed by atoms with Gasteiger partial charge in [0.25, 0.3) is 0 Å². The van der Waals surface area contributed by atoms with Crippen molar-refractivity contribution in [2.75, 3.05) is 25.6 Å². The second kappa shape index (κ2) is 7.05. The van der Waals surface area contributed by atoms with Crippen molar-refractivity contribution < 1.29 is 9.53 Å². The third-order valence-electron chi connectivity index (χ3n) is 4.49. The summed E-state index contributed by atoms with van der Waals surface area (Å²) in [7, 11) is 3.50. The van der Waals surface area contributed by atoms with Crippen LogP contribution in [0.3, 0.4) is 0 Å². The van der Waals surface area contributed by atoms with Gasteiger partial charge < -0.3 is 9.64 Å². The summed E-state index contributed by atoms with van der Waals surface area (Å²) in [6.07, 6.45) is 0.730. The van der Waals surface area contributed by atoms with E-state index >= 15 is 0 Å². The summed E-state index contributed by atoms with van der Waals surface area (Å²) in [5, 5.41) is 7.38. The molecule has 0 radical (unpaired) electrons. The van der Waals surface area contributed by atoms with E-state index in [1.54, 1.807) is 11.8 Å². The van der Waals surface area contributed by atoms with Gasteiger partial charge in [0, 0.05) is 33.2 Å². The van der Waals surface area contributed by atoms with Gasteiger partial charge in [-0.3, -0.25) is 10.00 Å². The highest BCUT2D eigenvalue weighted by Crippen LogP contribution is 2.38. The SMILES string of the molecule is COCCc1cc(NC(=O)N2C[C@H](C)[C@H]2c2ccccc2)n(C)n1. The van der Waals surface area contributed by atoms with Crippen LogP contribution in [0.5, 0.6) is 0 Å². The number of amides is 2. The van der Waals surface area contributed by atoms with Crippen LogP contribution < -0.4 is 5.32 Å².